The number of hydrogen-bond acceptors (Lipinski definition) is 0. The molecule has 0 N–H and O–H groups in total. The van der Waals surface area contributed by atoms with Crippen molar-refractivity contribution in [2.45, 2.75) is 0 Å². The van der Waals surface area contributed by atoms with Gasteiger partial charge in [-0.1, -0.05) is 0 Å². The molecule has 0 aliphatic heterocycles. The van der Waals surface area contributed by atoms with Crippen LogP contribution in [-0.4, -0.2) is 0 Å². The van der Waals surface area contributed by atoms with Gasteiger partial charge in [0.15, 0.2) is 0 Å². The molecule has 0 radical (unpaired) electrons. The zero-order chi connectivity index (χ0) is 8.49. The summed E-state index contributed by atoms with van der Waals surface area (Å²) in [4.78, 5) is 0. The first kappa shape index (κ1) is 88.1. The minimum Gasteiger partial charge on any atom is -0.545 e. The van der Waals surface area contributed by atoms with E-state index >= 15 is 0 Å². The molecule has 0 nitrogen and oxygen atoms in total. The van der Waals surface area contributed by atoms with Gasteiger partial charge in [-0.15, -0.1) is 0 Å². The molecule has 0 saturated carbocycles. The second-order valence-electron chi connectivity index (χ2n) is 1.87. The van der Waals surface area contributed by atoms with Gasteiger partial charge < -0.3 is 103 Å². The predicted octanol–water partition coefficient (Wildman–Crippen LogP) is 3.98. The molecule has 0 amide bonds. The molecule has 0 aliphatic rings. The van der Waals surface area contributed by atoms with Gasteiger partial charge in [0.1, 0.15) is 0 Å². The van der Waals surface area contributed by atoms with Crippen molar-refractivity contribution in [2.24, 2.45) is 0 Å². The number of hydrogen-bond donors (Lipinski definition) is 0. The van der Waals surface area contributed by atoms with Crippen LogP contribution in [0.5, 0.6) is 0 Å². The molecule has 2 rings (SSSR count). The van der Waals surface area contributed by atoms with E-state index < -0.39 is 0 Å². The maximum atomic E-state index is 2.78. The van der Waals surface area contributed by atoms with E-state index in [0.29, 0.717) is 0 Å². The summed E-state index contributed by atoms with van der Waals surface area (Å²) in [6.07, 6.45) is 0. The third-order valence-electron chi connectivity index (χ3n) is 1.00. The minimum atomic E-state index is 0. The van der Waals surface area contributed by atoms with Crippen molar-refractivity contribution in [1.82, 2.24) is 0 Å². The Kier molecular flexibility index (Phi) is 295. The SMILES string of the molecule is [CH3-].[CH3-].[CH3-].[CH3-].[Rf].[Rf].[Rf].[Rf].[Rf].[c-]1c[c-]c[c-]c1.[c-]1c[c-]c[c-]c1. The predicted molar refractivity (Wildman–Crippen MR) is 71.6 cm³/mol. The first-order valence-electron chi connectivity index (χ1n) is 3.46. The van der Waals surface area contributed by atoms with Crippen molar-refractivity contribution >= 4 is 0 Å². The zero-order valence-electron chi connectivity index (χ0n) is 14.0. The molecule has 0 aromatic heterocycles. The van der Waals surface area contributed by atoms with Crippen molar-refractivity contribution in [1.29, 1.82) is 0 Å². The molecule has 0 fully saturated rings. The number of rotatable bonds is 0. The first-order chi connectivity index (χ1) is 6.00. The maximum absolute atomic E-state index is 2.78. The van der Waals surface area contributed by atoms with Crippen LogP contribution in [0.25, 0.3) is 0 Å². The van der Waals surface area contributed by atoms with Crippen LogP contribution in [-0.2, 0) is 0 Å². The summed E-state index contributed by atoms with van der Waals surface area (Å²) in [6, 6.07) is 27.0. The van der Waals surface area contributed by atoms with Crippen LogP contribution in [0.4, 0.5) is 0 Å². The molecule has 0 spiro atoms. The standard InChI is InChI=1S/2C6H3.4CH3.5Rf/c2*1-2-4-6-5-3-1;;;;;;;;;/h2*1,4-5H;4*1H3;;;;;/q2*-3;4*-1;;;;;. The van der Waals surface area contributed by atoms with Gasteiger partial charge in [-0.2, -0.15) is 0 Å². The second kappa shape index (κ2) is 70.3. The third kappa shape index (κ3) is 59.4. The third-order valence-corrected chi connectivity index (χ3v) is 1.00. The largest absolute Gasteiger partial charge is 0.545 e. The van der Waals surface area contributed by atoms with Crippen LogP contribution in [0, 0.1) is 66.1 Å². The van der Waals surface area contributed by atoms with E-state index in [1.54, 1.807) is 36.4 Å². The fourth-order valence-electron chi connectivity index (χ4n) is 0.539. The van der Waals surface area contributed by atoms with Gasteiger partial charge in [0.05, 0.1) is 0 Å². The average Bonchev–Trinajstić information content (AvgIpc) is 2.24. The van der Waals surface area contributed by atoms with E-state index in [9.17, 15) is 0 Å². The van der Waals surface area contributed by atoms with E-state index in [1.165, 1.54) is 0 Å². The van der Waals surface area contributed by atoms with Gasteiger partial charge in [-0.25, -0.2) is 0 Å². The van der Waals surface area contributed by atoms with Crippen LogP contribution < -0.4 is 0 Å². The zero-order valence-corrected chi connectivity index (χ0v) is 46.0. The summed E-state index contributed by atoms with van der Waals surface area (Å²) in [5.74, 6) is 0. The van der Waals surface area contributed by atoms with E-state index in [4.69, 9.17) is 0 Å². The molecule has 0 bridgehead atoms. The first-order valence-corrected chi connectivity index (χ1v) is 3.46. The van der Waals surface area contributed by atoms with Crippen LogP contribution in [0.1, 0.15) is 0 Å². The fourth-order valence-corrected chi connectivity index (χ4v) is 0.539. The molecule has 0 unspecified atom stereocenters. The topological polar surface area (TPSA) is 0 Å². The molecule has 2 aromatic rings. The summed E-state index contributed by atoms with van der Waals surface area (Å²) in [5.41, 5.74) is 0. The van der Waals surface area contributed by atoms with Crippen LogP contribution in [0.15, 0.2) is 36.4 Å². The van der Waals surface area contributed by atoms with Gasteiger partial charge in [0.25, 0.3) is 0 Å². The van der Waals surface area contributed by atoms with Crippen molar-refractivity contribution < 1.29 is 0 Å². The molecule has 0 atom stereocenters. The summed E-state index contributed by atoms with van der Waals surface area (Å²) >= 11 is 0. The second-order valence-corrected chi connectivity index (χ2v) is 1.87. The van der Waals surface area contributed by atoms with E-state index in [2.05, 4.69) is 36.4 Å². The maximum Gasteiger partial charge on any atom is 0 e. The van der Waals surface area contributed by atoms with Gasteiger partial charge in [0.2, 0.25) is 0 Å². The van der Waals surface area contributed by atoms with E-state index in [-0.39, 0.29) is 29.7 Å². The van der Waals surface area contributed by atoms with E-state index in [0.717, 1.165) is 0 Å². The molecule has 102 valence electrons. The Labute approximate surface area is 103 Å². The van der Waals surface area contributed by atoms with Crippen LogP contribution >= 0.6 is 0 Å². The van der Waals surface area contributed by atoms with Crippen LogP contribution in [0.3, 0.4) is 0 Å². The van der Waals surface area contributed by atoms with Crippen molar-refractivity contribution in [3.63, 3.8) is 0 Å². The molecule has 5 heteroatoms. The Morgan fingerprint density at radius 3 is 0.429 bits per heavy atom. The van der Waals surface area contributed by atoms with Gasteiger partial charge in [-0.3, -0.25) is 0 Å². The Morgan fingerprint density at radius 2 is 0.381 bits per heavy atom. The van der Waals surface area contributed by atoms with Gasteiger partial charge in [0, 0.05) is 0 Å². The smallest absolute Gasteiger partial charge is 0 e. The molecule has 21 heavy (non-hydrogen) atoms. The van der Waals surface area contributed by atoms with Crippen molar-refractivity contribution in [2.75, 3.05) is 0 Å². The van der Waals surface area contributed by atoms with E-state index in [1.807, 2.05) is 0 Å². The fraction of sp³-hybridized carbons (Fsp3) is 0. The monoisotopic (exact) mass is 1550 g/mol. The molecule has 2 aromatic carbocycles. The number of benzene rings is 2. The quantitative estimate of drug-likeness (QED) is 0.351. The Balaban J connectivity index is -0.0000000137. The summed E-state index contributed by atoms with van der Waals surface area (Å²) in [6.45, 7) is 0. The molecular formula is C16H18Rf5-10. The summed E-state index contributed by atoms with van der Waals surface area (Å²) < 4.78 is 0. The minimum absolute atomic E-state index is 0. The Morgan fingerprint density at radius 1 is 0.286 bits per heavy atom. The Bertz CT molecular complexity index is 192. The van der Waals surface area contributed by atoms with Gasteiger partial charge in [-0.05, 0) is 0 Å². The molecule has 0 aliphatic carbocycles. The molecule has 0 saturated heterocycles. The van der Waals surface area contributed by atoms with Crippen LogP contribution in [0.2, 0.25) is 0 Å². The summed E-state index contributed by atoms with van der Waals surface area (Å²) in [7, 11) is 0. The van der Waals surface area contributed by atoms with Crippen molar-refractivity contribution in [3.8, 4) is 0 Å². The van der Waals surface area contributed by atoms with Gasteiger partial charge >= 0.3 is 0 Å². The Hall–Kier alpha value is -6.56. The molecule has 0 heterocycles. The summed E-state index contributed by atoms with van der Waals surface area (Å²) in [5, 5.41) is 0. The van der Waals surface area contributed by atoms with Crippen molar-refractivity contribution in [3.05, 3.63) is 103 Å². The normalized spacial score (nSPS) is 4.57. The average molecular weight is 1550 g/mol. The molecular weight excluding hydrogens is 1530 g/mol.